The molecular weight excluding hydrogens is 262 g/mol. The fraction of sp³-hybridized carbons (Fsp3) is 1.00. The molecule has 0 aromatic rings. The molecule has 0 heterocycles. The molecule has 0 saturated heterocycles. The number of hydrogen-bond donors (Lipinski definition) is 0. The molecule has 0 radical (unpaired) electrons. The van der Waals surface area contributed by atoms with Crippen molar-refractivity contribution in [2.24, 2.45) is 0 Å². The molecule has 0 fully saturated rings. The summed E-state index contributed by atoms with van der Waals surface area (Å²) in [5, 5.41) is 0. The van der Waals surface area contributed by atoms with E-state index in [1.807, 2.05) is 0 Å². The van der Waals surface area contributed by atoms with E-state index in [1.54, 1.807) is 20.8 Å². The third kappa shape index (κ3) is 3.31. The monoisotopic (exact) mass is 276 g/mol. The lowest BCUT2D eigenvalue weighted by atomic mass is 10.5. The molecule has 0 aromatic heterocycles. The summed E-state index contributed by atoms with van der Waals surface area (Å²) in [5.41, 5.74) is 0. The van der Waals surface area contributed by atoms with Gasteiger partial charge >= 0.3 is 7.60 Å². The maximum atomic E-state index is 13.6. The van der Waals surface area contributed by atoms with Crippen LogP contribution in [-0.2, 0) is 13.6 Å². The lowest BCUT2D eigenvalue weighted by molar-refractivity contribution is 0.180. The van der Waals surface area contributed by atoms with Gasteiger partial charge in [-0.1, -0.05) is 6.92 Å². The Bertz CT molecular complexity index is 188. The van der Waals surface area contributed by atoms with Crippen molar-refractivity contribution in [1.29, 1.82) is 0 Å². The molecule has 1 unspecified atom stereocenters. The average molecular weight is 277 g/mol. The zero-order chi connectivity index (χ0) is 10.5. The largest absolute Gasteiger partial charge is 0.378 e. The highest BCUT2D eigenvalue weighted by molar-refractivity contribution is 9.11. The van der Waals surface area contributed by atoms with E-state index in [0.717, 1.165) is 0 Å². The summed E-state index contributed by atoms with van der Waals surface area (Å²) in [6, 6.07) is 0. The first-order valence-electron chi connectivity index (χ1n) is 4.20. The molecule has 13 heavy (non-hydrogen) atoms. The highest BCUT2D eigenvalue weighted by Gasteiger charge is 2.48. The second kappa shape index (κ2) is 5.44. The summed E-state index contributed by atoms with van der Waals surface area (Å²) in [5.74, 6) is 0. The summed E-state index contributed by atoms with van der Waals surface area (Å²) in [7, 11) is -3.67. The number of alkyl halides is 2. The van der Waals surface area contributed by atoms with Gasteiger partial charge in [0, 0.05) is 6.42 Å². The SMILES string of the molecule is CCOP(=O)(OCC)C(F)(Br)CC. The smallest absolute Gasteiger partial charge is 0.306 e. The Morgan fingerprint density at radius 3 is 1.92 bits per heavy atom. The highest BCUT2D eigenvalue weighted by atomic mass is 79.9. The molecule has 0 amide bonds. The van der Waals surface area contributed by atoms with Crippen LogP contribution in [0.15, 0.2) is 0 Å². The van der Waals surface area contributed by atoms with Crippen LogP contribution in [0.4, 0.5) is 4.39 Å². The summed E-state index contributed by atoms with van der Waals surface area (Å²) in [6.45, 7) is 5.18. The van der Waals surface area contributed by atoms with E-state index in [9.17, 15) is 8.96 Å². The normalized spacial score (nSPS) is 17.0. The second-order valence-electron chi connectivity index (χ2n) is 2.35. The van der Waals surface area contributed by atoms with Crippen molar-refractivity contribution in [3.8, 4) is 0 Å². The van der Waals surface area contributed by atoms with Crippen molar-refractivity contribution >= 4 is 23.5 Å². The molecule has 3 nitrogen and oxygen atoms in total. The first-order valence-corrected chi connectivity index (χ1v) is 6.54. The Kier molecular flexibility index (Phi) is 5.68. The predicted molar refractivity (Wildman–Crippen MR) is 53.9 cm³/mol. The van der Waals surface area contributed by atoms with Crippen molar-refractivity contribution in [1.82, 2.24) is 0 Å². The summed E-state index contributed by atoms with van der Waals surface area (Å²) >= 11 is 2.73. The van der Waals surface area contributed by atoms with Crippen LogP contribution in [0.2, 0.25) is 0 Å². The topological polar surface area (TPSA) is 35.5 Å². The molecule has 0 aromatic carbocycles. The predicted octanol–water partition coefficient (Wildman–Crippen LogP) is 3.68. The van der Waals surface area contributed by atoms with Gasteiger partial charge in [0.2, 0.25) is 0 Å². The first-order chi connectivity index (χ1) is 5.93. The van der Waals surface area contributed by atoms with Crippen LogP contribution in [-0.4, -0.2) is 17.5 Å². The van der Waals surface area contributed by atoms with Crippen LogP contribution in [0.25, 0.3) is 0 Å². The van der Waals surface area contributed by atoms with E-state index in [2.05, 4.69) is 15.9 Å². The van der Waals surface area contributed by atoms with Crippen molar-refractivity contribution in [3.63, 3.8) is 0 Å². The van der Waals surface area contributed by atoms with Gasteiger partial charge in [-0.25, -0.2) is 4.39 Å². The van der Waals surface area contributed by atoms with Crippen LogP contribution in [0.1, 0.15) is 27.2 Å². The molecule has 80 valence electrons. The lowest BCUT2D eigenvalue weighted by Crippen LogP contribution is -2.17. The summed E-state index contributed by atoms with van der Waals surface area (Å²) in [6.07, 6.45) is 0.0320. The zero-order valence-corrected chi connectivity index (χ0v) is 10.5. The van der Waals surface area contributed by atoms with Crippen molar-refractivity contribution in [3.05, 3.63) is 0 Å². The molecule has 0 bridgehead atoms. The van der Waals surface area contributed by atoms with Gasteiger partial charge in [0.15, 0.2) is 0 Å². The van der Waals surface area contributed by atoms with Crippen molar-refractivity contribution < 1.29 is 18.0 Å². The van der Waals surface area contributed by atoms with Crippen LogP contribution in [0.5, 0.6) is 0 Å². The van der Waals surface area contributed by atoms with Gasteiger partial charge in [0.05, 0.1) is 13.2 Å². The van der Waals surface area contributed by atoms with Crippen LogP contribution < -0.4 is 0 Å². The molecule has 0 N–H and O–H groups in total. The fourth-order valence-corrected chi connectivity index (χ4v) is 2.89. The van der Waals surface area contributed by atoms with Gasteiger partial charge in [-0.3, -0.25) is 4.57 Å². The molecular formula is C7H15BrFO3P. The Morgan fingerprint density at radius 1 is 1.31 bits per heavy atom. The highest BCUT2D eigenvalue weighted by Crippen LogP contribution is 2.65. The molecule has 0 aliphatic heterocycles. The minimum Gasteiger partial charge on any atom is -0.306 e. The zero-order valence-electron chi connectivity index (χ0n) is 8.05. The first kappa shape index (κ1) is 13.6. The molecule has 0 aliphatic rings. The van der Waals surface area contributed by atoms with E-state index < -0.39 is 11.9 Å². The number of hydrogen-bond acceptors (Lipinski definition) is 3. The molecule has 0 saturated carbocycles. The van der Waals surface area contributed by atoms with E-state index >= 15 is 0 Å². The van der Waals surface area contributed by atoms with Crippen LogP contribution in [0, 0.1) is 0 Å². The second-order valence-corrected chi connectivity index (χ2v) is 6.44. The van der Waals surface area contributed by atoms with E-state index in [4.69, 9.17) is 9.05 Å². The molecule has 6 heteroatoms. The van der Waals surface area contributed by atoms with Crippen LogP contribution >= 0.6 is 23.5 Å². The molecule has 1 atom stereocenters. The average Bonchev–Trinajstić information content (AvgIpc) is 2.05. The van der Waals surface area contributed by atoms with Gasteiger partial charge in [-0.05, 0) is 29.8 Å². The molecule has 0 spiro atoms. The van der Waals surface area contributed by atoms with Crippen LogP contribution in [0.3, 0.4) is 0 Å². The number of rotatable bonds is 6. The number of halogens is 2. The van der Waals surface area contributed by atoms with E-state index in [0.29, 0.717) is 0 Å². The van der Waals surface area contributed by atoms with E-state index in [1.165, 1.54) is 0 Å². The Labute approximate surface area is 86.7 Å². The summed E-state index contributed by atoms with van der Waals surface area (Å²) < 4.78 is 33.0. The minimum absolute atomic E-state index is 0.0320. The quantitative estimate of drug-likeness (QED) is 0.548. The molecule has 0 rings (SSSR count). The van der Waals surface area contributed by atoms with Crippen molar-refractivity contribution in [2.75, 3.05) is 13.2 Å². The maximum absolute atomic E-state index is 13.6. The van der Waals surface area contributed by atoms with E-state index in [-0.39, 0.29) is 19.6 Å². The molecule has 0 aliphatic carbocycles. The maximum Gasteiger partial charge on any atom is 0.378 e. The summed E-state index contributed by atoms with van der Waals surface area (Å²) in [4.78, 5) is 0. The van der Waals surface area contributed by atoms with Gasteiger partial charge in [-0.15, -0.1) is 0 Å². The lowest BCUT2D eigenvalue weighted by Gasteiger charge is -2.26. The van der Waals surface area contributed by atoms with Gasteiger partial charge in [0.25, 0.3) is 4.32 Å². The fourth-order valence-electron chi connectivity index (χ4n) is 0.760. The van der Waals surface area contributed by atoms with Gasteiger partial charge in [-0.2, -0.15) is 0 Å². The van der Waals surface area contributed by atoms with Crippen molar-refractivity contribution in [2.45, 2.75) is 31.5 Å². The Hall–Kier alpha value is 0.560. The Balaban J connectivity index is 4.67. The minimum atomic E-state index is -3.67. The third-order valence-electron chi connectivity index (χ3n) is 1.42. The van der Waals surface area contributed by atoms with Gasteiger partial charge in [0.1, 0.15) is 0 Å². The standard InChI is InChI=1S/C7H15BrFO3P/c1-4-7(8,9)13(10,11-5-2)12-6-3/h4-6H2,1-3H3. The third-order valence-corrected chi connectivity index (χ3v) is 5.60. The van der Waals surface area contributed by atoms with Gasteiger partial charge < -0.3 is 9.05 Å². The Morgan fingerprint density at radius 2 is 1.69 bits per heavy atom.